The van der Waals surface area contributed by atoms with Gasteiger partial charge in [-0.25, -0.2) is 14.4 Å². The number of halogens is 1. The molecule has 5 aromatic rings. The van der Waals surface area contributed by atoms with Gasteiger partial charge in [0.1, 0.15) is 36.3 Å². The van der Waals surface area contributed by atoms with E-state index in [1.165, 1.54) is 0 Å². The Kier molecular flexibility index (Phi) is 16.5. The molecule has 7 rings (SSSR count). The number of alkyl carbamates (subject to hydrolysis) is 1. The lowest BCUT2D eigenvalue weighted by atomic mass is 9.95. The number of nitrogens with one attached hydrogen (secondary N) is 4. The summed E-state index contributed by atoms with van der Waals surface area (Å²) in [7, 11) is 2.01. The molecule has 0 bridgehead atoms. The number of alkyl halides is 1. The van der Waals surface area contributed by atoms with Crippen molar-refractivity contribution in [3.05, 3.63) is 95.7 Å². The van der Waals surface area contributed by atoms with Crippen molar-refractivity contribution >= 4 is 80.7 Å². The summed E-state index contributed by atoms with van der Waals surface area (Å²) in [5, 5.41) is 12.8. The maximum absolute atomic E-state index is 14.2. The number of carbonyl (C=O) groups is 6. The predicted molar refractivity (Wildman–Crippen MR) is 261 cm³/mol. The van der Waals surface area contributed by atoms with E-state index in [4.69, 9.17) is 41.7 Å². The maximum atomic E-state index is 14.2. The van der Waals surface area contributed by atoms with Gasteiger partial charge in [-0.1, -0.05) is 50.2 Å². The number of anilines is 2. The van der Waals surface area contributed by atoms with Crippen molar-refractivity contribution in [1.29, 1.82) is 0 Å². The van der Waals surface area contributed by atoms with E-state index >= 15 is 0 Å². The molecule has 366 valence electrons. The predicted octanol–water partition coefficient (Wildman–Crippen LogP) is 5.48. The Morgan fingerprint density at radius 3 is 2.33 bits per heavy atom. The Morgan fingerprint density at radius 2 is 1.62 bits per heavy atom. The van der Waals surface area contributed by atoms with Crippen LogP contribution in [0.1, 0.15) is 54.3 Å². The molecule has 69 heavy (non-hydrogen) atoms. The van der Waals surface area contributed by atoms with Gasteiger partial charge in [-0.15, -0.1) is 11.6 Å². The fourth-order valence-corrected chi connectivity index (χ4v) is 8.36. The summed E-state index contributed by atoms with van der Waals surface area (Å²) in [5.74, 6) is -0.385. The second-order valence-corrected chi connectivity index (χ2v) is 17.7. The van der Waals surface area contributed by atoms with E-state index in [1.807, 2.05) is 31.3 Å². The SMILES string of the molecule is CC(C)[C@H](N)C(=O)N[C@@H](CCCNC(N)=O)C(=O)Nc1ccc(COC(=O)NCCOc2ccc3oc(C(=O)N4C[C@@H](CCl)c5c4cc(OC(=O)N4CCN(C)CC4)c4ccccc54)cc3c2)cc1. The molecule has 2 aliphatic rings. The molecule has 3 heterocycles. The quantitative estimate of drug-likeness (QED) is 0.0472. The first kappa shape index (κ1) is 49.8. The Balaban J connectivity index is 0.899. The van der Waals surface area contributed by atoms with Crippen molar-refractivity contribution in [2.75, 3.05) is 75.6 Å². The Morgan fingerprint density at radius 1 is 0.884 bits per heavy atom. The van der Waals surface area contributed by atoms with E-state index in [9.17, 15) is 28.8 Å². The number of hydrogen-bond donors (Lipinski definition) is 6. The summed E-state index contributed by atoms with van der Waals surface area (Å²) >= 11 is 6.51. The topological polar surface area (TPSA) is 253 Å². The molecule has 8 N–H and O–H groups in total. The second kappa shape index (κ2) is 22.8. The molecule has 19 nitrogen and oxygen atoms in total. The summed E-state index contributed by atoms with van der Waals surface area (Å²) in [6, 6.07) is 20.4. The lowest BCUT2D eigenvalue weighted by Crippen LogP contribution is -2.51. The minimum atomic E-state index is -0.916. The van der Waals surface area contributed by atoms with Crippen LogP contribution in [0.25, 0.3) is 21.7 Å². The number of likely N-dealkylation sites (N-methyl/N-ethyl adjacent to an activating group) is 1. The molecule has 20 heteroatoms. The van der Waals surface area contributed by atoms with Crippen molar-refractivity contribution in [1.82, 2.24) is 25.8 Å². The van der Waals surface area contributed by atoms with Crippen molar-refractivity contribution in [3.8, 4) is 11.5 Å². The van der Waals surface area contributed by atoms with Gasteiger partial charge in [0.05, 0.1) is 18.3 Å². The first-order valence-corrected chi connectivity index (χ1v) is 23.4. The van der Waals surface area contributed by atoms with Gasteiger partial charge in [0.25, 0.3) is 5.91 Å². The molecule has 4 aromatic carbocycles. The highest BCUT2D eigenvalue weighted by Gasteiger charge is 2.37. The van der Waals surface area contributed by atoms with Crippen LogP contribution in [0.2, 0.25) is 0 Å². The average Bonchev–Trinajstić information content (AvgIpc) is 3.95. The van der Waals surface area contributed by atoms with Gasteiger partial charge in [0.15, 0.2) is 5.76 Å². The van der Waals surface area contributed by atoms with Crippen molar-refractivity contribution in [3.63, 3.8) is 0 Å². The molecule has 0 unspecified atom stereocenters. The number of benzene rings is 4. The highest BCUT2D eigenvalue weighted by Crippen LogP contribution is 2.46. The number of furan rings is 1. The van der Waals surface area contributed by atoms with Crippen molar-refractivity contribution in [2.45, 2.75) is 51.3 Å². The number of amides is 7. The van der Waals surface area contributed by atoms with Crippen LogP contribution in [0, 0.1) is 5.92 Å². The van der Waals surface area contributed by atoms with Gasteiger partial charge in [0, 0.05) is 73.6 Å². The smallest absolute Gasteiger partial charge is 0.415 e. The summed E-state index contributed by atoms with van der Waals surface area (Å²) in [6.07, 6.45) is -0.503. The minimum absolute atomic E-state index is 0.0462. The molecule has 7 amide bonds. The summed E-state index contributed by atoms with van der Waals surface area (Å²) in [6.45, 7) is 6.94. The number of primary amides is 1. The van der Waals surface area contributed by atoms with E-state index in [1.54, 1.807) is 78.2 Å². The number of carbonyl (C=O) groups excluding carboxylic acids is 6. The second-order valence-electron chi connectivity index (χ2n) is 17.4. The Labute approximate surface area is 404 Å². The number of nitrogens with zero attached hydrogens (tertiary/aromatic N) is 3. The number of piperazine rings is 1. The lowest BCUT2D eigenvalue weighted by molar-refractivity contribution is -0.128. The Hall–Kier alpha value is -7.09. The third-order valence-corrected chi connectivity index (χ3v) is 12.4. The van der Waals surface area contributed by atoms with Gasteiger partial charge in [-0.2, -0.15) is 0 Å². The van der Waals surface area contributed by atoms with Gasteiger partial charge >= 0.3 is 18.2 Å². The van der Waals surface area contributed by atoms with Crippen LogP contribution in [-0.4, -0.2) is 123 Å². The number of hydrogen-bond acceptors (Lipinski definition) is 12. The zero-order chi connectivity index (χ0) is 49.2. The van der Waals surface area contributed by atoms with Crippen LogP contribution < -0.4 is 47.1 Å². The fourth-order valence-electron chi connectivity index (χ4n) is 8.11. The molecule has 1 saturated heterocycles. The van der Waals surface area contributed by atoms with Gasteiger partial charge in [-0.3, -0.25) is 14.4 Å². The normalized spacial score (nSPS) is 15.6. The fraction of sp³-hybridized carbons (Fsp3) is 0.388. The monoisotopic (exact) mass is 967 g/mol. The third-order valence-electron chi connectivity index (χ3n) is 12.1. The zero-order valence-electron chi connectivity index (χ0n) is 38.8. The van der Waals surface area contributed by atoms with Gasteiger partial charge in [-0.05, 0) is 78.7 Å². The first-order valence-electron chi connectivity index (χ1n) is 22.8. The minimum Gasteiger partial charge on any atom is -0.492 e. The molecule has 0 saturated carbocycles. The van der Waals surface area contributed by atoms with Crippen LogP contribution >= 0.6 is 11.6 Å². The average molecular weight is 969 g/mol. The van der Waals surface area contributed by atoms with Crippen LogP contribution in [0.3, 0.4) is 0 Å². The number of urea groups is 1. The molecular formula is C49H58ClN9O10. The zero-order valence-corrected chi connectivity index (χ0v) is 39.5. The van der Waals surface area contributed by atoms with Crippen LogP contribution in [0.4, 0.5) is 25.8 Å². The van der Waals surface area contributed by atoms with Gasteiger partial charge < -0.3 is 66.1 Å². The molecule has 0 spiro atoms. The maximum Gasteiger partial charge on any atom is 0.415 e. The highest BCUT2D eigenvalue weighted by molar-refractivity contribution is 6.19. The van der Waals surface area contributed by atoms with Crippen LogP contribution in [-0.2, 0) is 20.9 Å². The summed E-state index contributed by atoms with van der Waals surface area (Å²) < 4.78 is 23.3. The van der Waals surface area contributed by atoms with Crippen molar-refractivity contribution < 1.29 is 47.4 Å². The molecule has 2 aliphatic heterocycles. The highest BCUT2D eigenvalue weighted by atomic mass is 35.5. The molecule has 0 radical (unpaired) electrons. The molecule has 3 atom stereocenters. The van der Waals surface area contributed by atoms with Crippen molar-refractivity contribution in [2.24, 2.45) is 17.4 Å². The standard InChI is InChI=1S/C49H58ClN9O10/c1-29(2)43(51)45(61)56-37(9-6-16-53-47(52)63)44(60)55-33-12-10-30(11-13-33)28-67-48(64)54-17-22-66-34-14-15-39-31(23-34)24-41(68-39)46(62)59-27-32(26-50)42-36-8-5-4-7-35(36)40(25-38(42)59)69-49(65)58-20-18-57(3)19-21-58/h4-5,7-8,10-15,23-25,29,32,37,43H,6,9,16-22,26-28,51H2,1-3H3,(H,54,64)(H,55,60)(H,56,61)(H3,52,53,63)/t32-,37+,43+/m1/s1. The van der Waals surface area contributed by atoms with E-state index < -0.39 is 42.1 Å². The number of ether oxygens (including phenoxy) is 3. The van der Waals surface area contributed by atoms with E-state index in [-0.39, 0.29) is 62.1 Å². The van der Waals surface area contributed by atoms with Crippen LogP contribution in [0.15, 0.2) is 83.3 Å². The van der Waals surface area contributed by atoms with E-state index in [0.717, 1.165) is 29.4 Å². The van der Waals surface area contributed by atoms with Gasteiger partial charge in [0.2, 0.25) is 11.8 Å². The molecular weight excluding hydrogens is 910 g/mol. The number of rotatable bonds is 18. The molecule has 1 aromatic heterocycles. The lowest BCUT2D eigenvalue weighted by Gasteiger charge is -2.31. The van der Waals surface area contributed by atoms with E-state index in [2.05, 4.69) is 26.2 Å². The number of fused-ring (bicyclic) bond motifs is 4. The molecule has 0 aliphatic carbocycles. The number of nitrogens with two attached hydrogens (primary N) is 2. The van der Waals surface area contributed by atoms with E-state index in [0.29, 0.717) is 65.5 Å². The third kappa shape index (κ3) is 12.5. The first-order chi connectivity index (χ1) is 33.2. The summed E-state index contributed by atoms with van der Waals surface area (Å²) in [4.78, 5) is 82.4. The summed E-state index contributed by atoms with van der Waals surface area (Å²) in [5.41, 5.74) is 14.2. The largest absolute Gasteiger partial charge is 0.492 e. The molecule has 1 fully saturated rings. The Bertz CT molecular complexity index is 2670. The van der Waals surface area contributed by atoms with Crippen LogP contribution in [0.5, 0.6) is 11.5 Å².